The Bertz CT molecular complexity index is 432. The fraction of sp³-hybridized carbons (Fsp3) is 0.647. The van der Waals surface area contributed by atoms with E-state index in [0.717, 1.165) is 17.0 Å². The minimum absolute atomic E-state index is 0.0150. The predicted molar refractivity (Wildman–Crippen MR) is 83.4 cm³/mol. The molecule has 1 aliphatic rings. The van der Waals surface area contributed by atoms with Crippen LogP contribution in [0, 0.1) is 24.6 Å². The lowest BCUT2D eigenvalue weighted by Crippen LogP contribution is -2.38. The molecule has 1 aromatic carbocycles. The van der Waals surface area contributed by atoms with Crippen LogP contribution in [0.25, 0.3) is 0 Å². The van der Waals surface area contributed by atoms with Crippen LogP contribution in [0.2, 0.25) is 0 Å². The summed E-state index contributed by atoms with van der Waals surface area (Å²) in [7, 11) is 0. The van der Waals surface area contributed by atoms with Crippen molar-refractivity contribution in [2.24, 2.45) is 11.8 Å². The molecule has 0 N–H and O–H groups in total. The minimum Gasteiger partial charge on any atom is -0.207 e. The van der Waals surface area contributed by atoms with Crippen LogP contribution < -0.4 is 0 Å². The molecule has 0 heterocycles. The van der Waals surface area contributed by atoms with E-state index in [2.05, 4.69) is 42.8 Å². The normalized spacial score (nSPS) is 28.4. The van der Waals surface area contributed by atoms with E-state index in [1.54, 1.807) is 12.1 Å². The van der Waals surface area contributed by atoms with Gasteiger partial charge in [-0.05, 0) is 60.3 Å². The molecule has 0 bridgehead atoms. The molecule has 0 nitrogen and oxygen atoms in total. The van der Waals surface area contributed by atoms with Gasteiger partial charge in [0.2, 0.25) is 0 Å². The molecule has 2 rings (SSSR count). The molecule has 1 fully saturated rings. The van der Waals surface area contributed by atoms with E-state index in [1.165, 1.54) is 19.3 Å². The first-order valence-corrected chi connectivity index (χ1v) is 8.14. The molecule has 1 saturated carbocycles. The van der Waals surface area contributed by atoms with Crippen LogP contribution in [0.5, 0.6) is 0 Å². The van der Waals surface area contributed by atoms with Gasteiger partial charge in [0.15, 0.2) is 0 Å². The monoisotopic (exact) mass is 326 g/mol. The first-order chi connectivity index (χ1) is 8.80. The van der Waals surface area contributed by atoms with Gasteiger partial charge in [-0.1, -0.05) is 49.2 Å². The summed E-state index contributed by atoms with van der Waals surface area (Å²) in [5, 5.41) is 0. The van der Waals surface area contributed by atoms with Gasteiger partial charge in [-0.2, -0.15) is 0 Å². The highest BCUT2D eigenvalue weighted by Gasteiger charge is 2.39. The maximum Gasteiger partial charge on any atom is 0.123 e. The van der Waals surface area contributed by atoms with Crippen molar-refractivity contribution >= 4 is 15.9 Å². The molecule has 1 aromatic rings. The van der Waals surface area contributed by atoms with Gasteiger partial charge in [-0.15, -0.1) is 0 Å². The molecule has 19 heavy (non-hydrogen) atoms. The highest BCUT2D eigenvalue weighted by Crippen LogP contribution is 2.45. The van der Waals surface area contributed by atoms with Crippen LogP contribution in [0.3, 0.4) is 0 Å². The fourth-order valence-corrected chi connectivity index (χ4v) is 5.01. The maximum atomic E-state index is 13.7. The van der Waals surface area contributed by atoms with Gasteiger partial charge in [0.1, 0.15) is 5.82 Å². The molecule has 0 radical (unpaired) electrons. The van der Waals surface area contributed by atoms with E-state index in [9.17, 15) is 4.39 Å². The molecule has 0 aliphatic heterocycles. The average Bonchev–Trinajstić information content (AvgIpc) is 2.26. The number of hydrogen-bond acceptors (Lipinski definition) is 0. The van der Waals surface area contributed by atoms with Crippen molar-refractivity contribution in [2.75, 3.05) is 0 Å². The van der Waals surface area contributed by atoms with Crippen LogP contribution >= 0.6 is 15.9 Å². The zero-order chi connectivity index (χ0) is 14.2. The van der Waals surface area contributed by atoms with Gasteiger partial charge in [0.05, 0.1) is 0 Å². The Hall–Kier alpha value is -0.370. The van der Waals surface area contributed by atoms with Gasteiger partial charge in [-0.25, -0.2) is 4.39 Å². The summed E-state index contributed by atoms with van der Waals surface area (Å²) in [5.41, 5.74) is 2.16. The highest BCUT2D eigenvalue weighted by atomic mass is 79.9. The second-order valence-corrected chi connectivity index (χ2v) is 7.96. The van der Waals surface area contributed by atoms with Crippen molar-refractivity contribution in [3.05, 3.63) is 35.1 Å². The van der Waals surface area contributed by atoms with Crippen molar-refractivity contribution in [3.8, 4) is 0 Å². The number of hydrogen-bond donors (Lipinski definition) is 0. The molecule has 0 saturated heterocycles. The van der Waals surface area contributed by atoms with Gasteiger partial charge < -0.3 is 0 Å². The molecule has 0 amide bonds. The second-order valence-electron chi connectivity index (χ2n) is 6.78. The van der Waals surface area contributed by atoms with Gasteiger partial charge >= 0.3 is 0 Å². The summed E-state index contributed by atoms with van der Waals surface area (Å²) in [6.07, 6.45) is 3.73. The van der Waals surface area contributed by atoms with Crippen LogP contribution in [0.4, 0.5) is 4.39 Å². The molecule has 1 aliphatic carbocycles. The predicted octanol–water partition coefficient (Wildman–Crippen LogP) is 5.61. The summed E-state index contributed by atoms with van der Waals surface area (Å²) in [5.74, 6) is 1.26. The molecular weight excluding hydrogens is 303 g/mol. The summed E-state index contributed by atoms with van der Waals surface area (Å²) in [6, 6.07) is 5.46. The number of rotatable bonds is 2. The third-order valence-electron chi connectivity index (χ3n) is 4.75. The topological polar surface area (TPSA) is 0 Å². The second kappa shape index (κ2) is 5.55. The first kappa shape index (κ1) is 15.0. The average molecular weight is 327 g/mol. The Morgan fingerprint density at radius 2 is 1.89 bits per heavy atom. The Kier molecular flexibility index (Phi) is 4.39. The van der Waals surface area contributed by atoms with E-state index in [0.29, 0.717) is 10.7 Å². The standard InChI is InChI=1S/C17H24BrF/c1-11-5-6-15(16(18)9-11)17(3,4)13-7-12(2)8-14(19)10-13/h7-8,10-11,15-16H,5-6,9H2,1-4H3. The summed E-state index contributed by atoms with van der Waals surface area (Å²) in [4.78, 5) is 0.537. The molecule has 3 atom stereocenters. The van der Waals surface area contributed by atoms with Crippen molar-refractivity contribution < 1.29 is 4.39 Å². The lowest BCUT2D eigenvalue weighted by molar-refractivity contribution is 0.213. The summed E-state index contributed by atoms with van der Waals surface area (Å²) < 4.78 is 13.7. The minimum atomic E-state index is -0.113. The number of alkyl halides is 1. The van der Waals surface area contributed by atoms with Crippen molar-refractivity contribution in [1.82, 2.24) is 0 Å². The Morgan fingerprint density at radius 1 is 1.21 bits per heavy atom. The van der Waals surface area contributed by atoms with E-state index in [1.807, 2.05) is 6.92 Å². The van der Waals surface area contributed by atoms with E-state index in [-0.39, 0.29) is 11.2 Å². The number of benzene rings is 1. The van der Waals surface area contributed by atoms with Crippen LogP contribution in [0.1, 0.15) is 51.2 Å². The van der Waals surface area contributed by atoms with Crippen molar-refractivity contribution in [2.45, 2.75) is 57.2 Å². The lowest BCUT2D eigenvalue weighted by atomic mass is 9.66. The maximum absolute atomic E-state index is 13.7. The van der Waals surface area contributed by atoms with Crippen molar-refractivity contribution in [1.29, 1.82) is 0 Å². The fourth-order valence-electron chi connectivity index (χ4n) is 3.45. The Labute approximate surface area is 124 Å². The molecule has 2 heteroatoms. The molecule has 106 valence electrons. The van der Waals surface area contributed by atoms with Gasteiger partial charge in [0, 0.05) is 4.83 Å². The smallest absolute Gasteiger partial charge is 0.123 e. The Balaban J connectivity index is 2.30. The third kappa shape index (κ3) is 3.21. The van der Waals surface area contributed by atoms with E-state index >= 15 is 0 Å². The number of aryl methyl sites for hydroxylation is 1. The van der Waals surface area contributed by atoms with Crippen LogP contribution in [0.15, 0.2) is 18.2 Å². The summed E-state index contributed by atoms with van der Waals surface area (Å²) in [6.45, 7) is 8.81. The van der Waals surface area contributed by atoms with Crippen molar-refractivity contribution in [3.63, 3.8) is 0 Å². The quantitative estimate of drug-likeness (QED) is 0.619. The van der Waals surface area contributed by atoms with Crippen LogP contribution in [-0.2, 0) is 5.41 Å². The zero-order valence-corrected chi connectivity index (χ0v) is 13.9. The molecule has 0 aromatic heterocycles. The zero-order valence-electron chi connectivity index (χ0n) is 12.3. The largest absolute Gasteiger partial charge is 0.207 e. The van der Waals surface area contributed by atoms with E-state index < -0.39 is 0 Å². The summed E-state index contributed by atoms with van der Waals surface area (Å²) >= 11 is 3.87. The Morgan fingerprint density at radius 3 is 2.47 bits per heavy atom. The SMILES string of the molecule is Cc1cc(F)cc(C(C)(C)C2CCC(C)CC2Br)c1. The third-order valence-corrected chi connectivity index (χ3v) is 5.76. The molecule has 0 spiro atoms. The lowest BCUT2D eigenvalue weighted by Gasteiger charge is -2.42. The first-order valence-electron chi connectivity index (χ1n) is 7.22. The van der Waals surface area contributed by atoms with Gasteiger partial charge in [-0.3, -0.25) is 0 Å². The molecular formula is C17H24BrF. The number of halogens is 2. The highest BCUT2D eigenvalue weighted by molar-refractivity contribution is 9.09. The van der Waals surface area contributed by atoms with Gasteiger partial charge in [0.25, 0.3) is 0 Å². The van der Waals surface area contributed by atoms with E-state index in [4.69, 9.17) is 0 Å². The molecule has 3 unspecified atom stereocenters. The van der Waals surface area contributed by atoms with Crippen LogP contribution in [-0.4, -0.2) is 4.83 Å².